The fourth-order valence-corrected chi connectivity index (χ4v) is 1.33. The summed E-state index contributed by atoms with van der Waals surface area (Å²) in [6, 6.07) is 8.19. The molecule has 80 valence electrons. The van der Waals surface area contributed by atoms with E-state index < -0.39 is 0 Å². The molecule has 1 N–H and O–H groups in total. The Hall–Kier alpha value is -1.30. The van der Waals surface area contributed by atoms with Gasteiger partial charge in [-0.1, -0.05) is 24.0 Å². The maximum absolute atomic E-state index is 8.61. The van der Waals surface area contributed by atoms with Gasteiger partial charge in [0.25, 0.3) is 0 Å². The smallest absolute Gasteiger partial charge is 0.0540 e. The van der Waals surface area contributed by atoms with Gasteiger partial charge in [-0.15, -0.1) is 0 Å². The third-order valence-electron chi connectivity index (χ3n) is 1.90. The lowest BCUT2D eigenvalue weighted by Gasteiger charge is -2.09. The first-order valence-electron chi connectivity index (χ1n) is 5.06. The van der Waals surface area contributed by atoms with Crippen molar-refractivity contribution >= 4 is 0 Å². The van der Waals surface area contributed by atoms with Crippen LogP contribution in [0.3, 0.4) is 0 Å². The summed E-state index contributed by atoms with van der Waals surface area (Å²) >= 11 is 0. The summed E-state index contributed by atoms with van der Waals surface area (Å²) in [5, 5.41) is 8.61. The zero-order valence-electron chi connectivity index (χ0n) is 9.33. The predicted molar refractivity (Wildman–Crippen MR) is 62.4 cm³/mol. The first kappa shape index (κ1) is 11.8. The highest BCUT2D eigenvalue weighted by Gasteiger charge is 1.95. The first-order chi connectivity index (χ1) is 7.22. The molecule has 0 aliphatic rings. The summed E-state index contributed by atoms with van der Waals surface area (Å²) < 4.78 is 0. The molecule has 1 aromatic rings. The van der Waals surface area contributed by atoms with Gasteiger partial charge < -0.3 is 10.0 Å². The van der Waals surface area contributed by atoms with Crippen molar-refractivity contribution in [1.82, 2.24) is 4.90 Å². The molecule has 0 fully saturated rings. The van der Waals surface area contributed by atoms with Crippen molar-refractivity contribution in [2.75, 3.05) is 20.7 Å². The Bertz CT molecular complexity index is 360. The molecule has 0 bridgehead atoms. The van der Waals surface area contributed by atoms with E-state index in [0.29, 0.717) is 6.42 Å². The van der Waals surface area contributed by atoms with Crippen LogP contribution in [-0.4, -0.2) is 30.7 Å². The highest BCUT2D eigenvalue weighted by molar-refractivity contribution is 5.37. The number of benzene rings is 1. The van der Waals surface area contributed by atoms with Crippen LogP contribution in [0.2, 0.25) is 0 Å². The van der Waals surface area contributed by atoms with E-state index in [1.807, 2.05) is 26.2 Å². The molecule has 0 saturated heterocycles. The molecule has 0 spiro atoms. The Labute approximate surface area is 91.5 Å². The van der Waals surface area contributed by atoms with E-state index >= 15 is 0 Å². The van der Waals surface area contributed by atoms with Gasteiger partial charge in [-0.3, -0.25) is 0 Å². The van der Waals surface area contributed by atoms with Gasteiger partial charge in [0.1, 0.15) is 0 Å². The Kier molecular flexibility index (Phi) is 4.89. The van der Waals surface area contributed by atoms with E-state index in [1.165, 1.54) is 5.56 Å². The Morgan fingerprint density at radius 1 is 1.33 bits per heavy atom. The van der Waals surface area contributed by atoms with Gasteiger partial charge in [0.05, 0.1) is 6.61 Å². The van der Waals surface area contributed by atoms with Gasteiger partial charge in [-0.25, -0.2) is 0 Å². The van der Waals surface area contributed by atoms with Crippen LogP contribution in [-0.2, 0) is 6.54 Å². The SMILES string of the molecule is CN(C)Cc1cccc(C#CCCO)c1. The third-order valence-corrected chi connectivity index (χ3v) is 1.90. The first-order valence-corrected chi connectivity index (χ1v) is 5.06. The molecule has 0 unspecified atom stereocenters. The fourth-order valence-electron chi connectivity index (χ4n) is 1.33. The van der Waals surface area contributed by atoms with E-state index in [9.17, 15) is 0 Å². The second-order valence-corrected chi connectivity index (χ2v) is 3.71. The van der Waals surface area contributed by atoms with E-state index in [1.54, 1.807) is 0 Å². The van der Waals surface area contributed by atoms with E-state index in [-0.39, 0.29) is 6.61 Å². The lowest BCUT2D eigenvalue weighted by Crippen LogP contribution is -2.10. The summed E-state index contributed by atoms with van der Waals surface area (Å²) in [6.45, 7) is 1.06. The van der Waals surface area contributed by atoms with Gasteiger partial charge in [-0.2, -0.15) is 0 Å². The highest BCUT2D eigenvalue weighted by Crippen LogP contribution is 2.05. The van der Waals surface area contributed by atoms with E-state index in [0.717, 1.165) is 12.1 Å². The third kappa shape index (κ3) is 4.64. The normalized spacial score (nSPS) is 9.87. The largest absolute Gasteiger partial charge is 0.395 e. The zero-order valence-corrected chi connectivity index (χ0v) is 9.33. The van der Waals surface area contributed by atoms with Gasteiger partial charge >= 0.3 is 0 Å². The summed E-state index contributed by atoms with van der Waals surface area (Å²) in [5.74, 6) is 5.95. The van der Waals surface area contributed by atoms with Crippen molar-refractivity contribution in [3.8, 4) is 11.8 Å². The van der Waals surface area contributed by atoms with E-state index in [2.05, 4.69) is 28.9 Å². The number of hydrogen-bond acceptors (Lipinski definition) is 2. The molecule has 0 radical (unpaired) electrons. The number of nitrogens with zero attached hydrogens (tertiary/aromatic N) is 1. The topological polar surface area (TPSA) is 23.5 Å². The second kappa shape index (κ2) is 6.23. The lowest BCUT2D eigenvalue weighted by atomic mass is 10.1. The van der Waals surface area contributed by atoms with Crippen molar-refractivity contribution < 1.29 is 5.11 Å². The van der Waals surface area contributed by atoms with Crippen LogP contribution in [0, 0.1) is 11.8 Å². The van der Waals surface area contributed by atoms with Gasteiger partial charge in [0, 0.05) is 18.5 Å². The minimum atomic E-state index is 0.129. The number of hydrogen-bond donors (Lipinski definition) is 1. The van der Waals surface area contributed by atoms with Crippen molar-refractivity contribution in [2.45, 2.75) is 13.0 Å². The molecule has 0 atom stereocenters. The highest BCUT2D eigenvalue weighted by atomic mass is 16.2. The monoisotopic (exact) mass is 203 g/mol. The molecule has 1 aromatic carbocycles. The van der Waals surface area contributed by atoms with Crippen molar-refractivity contribution in [2.24, 2.45) is 0 Å². The standard InChI is InChI=1S/C13H17NO/c1-14(2)11-13-8-5-7-12(10-13)6-3-4-9-15/h5,7-8,10,15H,4,9,11H2,1-2H3. The molecule has 0 aromatic heterocycles. The summed E-state index contributed by atoms with van der Waals surface area (Å²) in [7, 11) is 4.09. The summed E-state index contributed by atoms with van der Waals surface area (Å²) in [6.07, 6.45) is 0.540. The molecule has 15 heavy (non-hydrogen) atoms. The van der Waals surface area contributed by atoms with Crippen LogP contribution >= 0.6 is 0 Å². The molecule has 2 nitrogen and oxygen atoms in total. The van der Waals surface area contributed by atoms with Gasteiger partial charge in [-0.05, 0) is 31.8 Å². The predicted octanol–water partition coefficient (Wildman–Crippen LogP) is 1.48. The van der Waals surface area contributed by atoms with E-state index in [4.69, 9.17) is 5.11 Å². The minimum Gasteiger partial charge on any atom is -0.395 e. The Morgan fingerprint density at radius 2 is 2.13 bits per heavy atom. The molecule has 2 heteroatoms. The quantitative estimate of drug-likeness (QED) is 0.752. The number of aliphatic hydroxyl groups is 1. The van der Waals surface area contributed by atoms with Crippen LogP contribution < -0.4 is 0 Å². The molecular weight excluding hydrogens is 186 g/mol. The molecular formula is C13H17NO. The number of aliphatic hydroxyl groups excluding tert-OH is 1. The average molecular weight is 203 g/mol. The Balaban J connectivity index is 2.71. The number of rotatable bonds is 3. The summed E-state index contributed by atoms with van der Waals surface area (Å²) in [4.78, 5) is 2.13. The van der Waals surface area contributed by atoms with Crippen molar-refractivity contribution in [1.29, 1.82) is 0 Å². The maximum atomic E-state index is 8.61. The zero-order chi connectivity index (χ0) is 11.1. The van der Waals surface area contributed by atoms with Gasteiger partial charge in [0.15, 0.2) is 0 Å². The Morgan fingerprint density at radius 3 is 2.80 bits per heavy atom. The van der Waals surface area contributed by atoms with Crippen LogP contribution in [0.4, 0.5) is 0 Å². The molecule has 0 amide bonds. The minimum absolute atomic E-state index is 0.129. The maximum Gasteiger partial charge on any atom is 0.0540 e. The molecule has 1 rings (SSSR count). The molecule has 0 aliphatic heterocycles. The molecule has 0 saturated carbocycles. The van der Waals surface area contributed by atoms with Crippen molar-refractivity contribution in [3.63, 3.8) is 0 Å². The van der Waals surface area contributed by atoms with Crippen LogP contribution in [0.15, 0.2) is 24.3 Å². The van der Waals surface area contributed by atoms with Crippen LogP contribution in [0.5, 0.6) is 0 Å². The summed E-state index contributed by atoms with van der Waals surface area (Å²) in [5.41, 5.74) is 2.28. The van der Waals surface area contributed by atoms with Crippen LogP contribution in [0.1, 0.15) is 17.5 Å². The van der Waals surface area contributed by atoms with Crippen molar-refractivity contribution in [3.05, 3.63) is 35.4 Å². The molecule has 0 aliphatic carbocycles. The van der Waals surface area contributed by atoms with Crippen LogP contribution in [0.25, 0.3) is 0 Å². The fraction of sp³-hybridized carbons (Fsp3) is 0.385. The average Bonchev–Trinajstić information content (AvgIpc) is 2.18. The second-order valence-electron chi connectivity index (χ2n) is 3.71. The molecule has 0 heterocycles. The van der Waals surface area contributed by atoms with Gasteiger partial charge in [0.2, 0.25) is 0 Å². The lowest BCUT2D eigenvalue weighted by molar-refractivity contribution is 0.305.